The van der Waals surface area contributed by atoms with Gasteiger partial charge in [0.05, 0.1) is 0 Å². The van der Waals surface area contributed by atoms with E-state index in [4.69, 9.17) is 16.3 Å². The van der Waals surface area contributed by atoms with E-state index < -0.39 is 0 Å². The number of fused-ring (bicyclic) bond motifs is 1. The third kappa shape index (κ3) is 4.63. The van der Waals surface area contributed by atoms with Gasteiger partial charge >= 0.3 is 0 Å². The normalized spacial score (nSPS) is 12.4. The summed E-state index contributed by atoms with van der Waals surface area (Å²) in [4.78, 5) is 26.8. The fourth-order valence-electron chi connectivity index (χ4n) is 3.41. The van der Waals surface area contributed by atoms with Crippen molar-refractivity contribution >= 4 is 29.1 Å². The number of ether oxygens (including phenoxy) is 1. The monoisotopic (exact) mass is 420 g/mol. The highest BCUT2D eigenvalue weighted by Crippen LogP contribution is 2.30. The minimum Gasteiger partial charge on any atom is -0.484 e. The van der Waals surface area contributed by atoms with Crippen molar-refractivity contribution in [2.75, 3.05) is 18.1 Å². The highest BCUT2D eigenvalue weighted by Gasteiger charge is 2.25. The molecule has 30 heavy (non-hydrogen) atoms. The topological polar surface area (TPSA) is 58.6 Å². The van der Waals surface area contributed by atoms with Gasteiger partial charge in [-0.15, -0.1) is 0 Å². The molecule has 0 fully saturated rings. The smallest absolute Gasteiger partial charge is 0.258 e. The van der Waals surface area contributed by atoms with Gasteiger partial charge < -0.3 is 15.0 Å². The number of nitrogens with one attached hydrogen (secondary N) is 1. The van der Waals surface area contributed by atoms with E-state index in [1.807, 2.05) is 48.5 Å². The predicted octanol–water partition coefficient (Wildman–Crippen LogP) is 4.24. The fourth-order valence-corrected chi connectivity index (χ4v) is 3.54. The van der Waals surface area contributed by atoms with E-state index in [0.29, 0.717) is 29.4 Å². The molecule has 5 nitrogen and oxygen atoms in total. The van der Waals surface area contributed by atoms with E-state index in [9.17, 15) is 9.59 Å². The molecule has 3 aromatic rings. The summed E-state index contributed by atoms with van der Waals surface area (Å²) in [6.45, 7) is 0.947. The Morgan fingerprint density at radius 3 is 2.53 bits per heavy atom. The minimum atomic E-state index is -0.220. The summed E-state index contributed by atoms with van der Waals surface area (Å²) in [5, 5.41) is 3.47. The van der Waals surface area contributed by atoms with Gasteiger partial charge in [-0.25, -0.2) is 0 Å². The van der Waals surface area contributed by atoms with Crippen LogP contribution in [0, 0.1) is 0 Å². The summed E-state index contributed by atoms with van der Waals surface area (Å²) >= 11 is 5.84. The number of anilines is 1. The molecule has 0 radical (unpaired) electrons. The number of amides is 2. The molecule has 3 aromatic carbocycles. The maximum Gasteiger partial charge on any atom is 0.258 e. The highest BCUT2D eigenvalue weighted by molar-refractivity contribution is 6.30. The molecular formula is C24H21ClN2O3. The van der Waals surface area contributed by atoms with Crippen LogP contribution in [0.1, 0.15) is 21.5 Å². The average Bonchev–Trinajstić information content (AvgIpc) is 3.20. The van der Waals surface area contributed by atoms with Gasteiger partial charge in [0.15, 0.2) is 6.61 Å². The molecule has 1 heterocycles. The van der Waals surface area contributed by atoms with Gasteiger partial charge in [-0.1, -0.05) is 41.9 Å². The molecule has 1 aliphatic rings. The number of halogens is 1. The van der Waals surface area contributed by atoms with Crippen LogP contribution in [0.25, 0.3) is 0 Å². The molecule has 0 unspecified atom stereocenters. The molecule has 4 rings (SSSR count). The van der Waals surface area contributed by atoms with Crippen LogP contribution >= 0.6 is 11.6 Å². The Morgan fingerprint density at radius 1 is 1.00 bits per heavy atom. The zero-order valence-corrected chi connectivity index (χ0v) is 17.1. The molecule has 0 saturated heterocycles. The molecule has 0 aromatic heterocycles. The van der Waals surface area contributed by atoms with Crippen molar-refractivity contribution in [2.45, 2.75) is 13.0 Å². The molecule has 1 N–H and O–H groups in total. The van der Waals surface area contributed by atoms with Crippen LogP contribution in [0.5, 0.6) is 5.75 Å². The molecule has 152 valence electrons. The minimum absolute atomic E-state index is 0.00750. The fraction of sp³-hybridized carbons (Fsp3) is 0.167. The molecule has 0 spiro atoms. The molecule has 6 heteroatoms. The first-order valence-electron chi connectivity index (χ1n) is 9.74. The van der Waals surface area contributed by atoms with E-state index in [1.165, 1.54) is 0 Å². The molecule has 0 bridgehead atoms. The van der Waals surface area contributed by atoms with Gasteiger partial charge in [0.25, 0.3) is 11.8 Å². The predicted molar refractivity (Wildman–Crippen MR) is 117 cm³/mol. The molecule has 0 atom stereocenters. The molecule has 0 saturated carbocycles. The van der Waals surface area contributed by atoms with Crippen molar-refractivity contribution in [1.29, 1.82) is 0 Å². The summed E-state index contributed by atoms with van der Waals surface area (Å²) in [6, 6.07) is 22.1. The molecule has 0 aliphatic carbocycles. The maximum atomic E-state index is 12.9. The van der Waals surface area contributed by atoms with Gasteiger partial charge in [0.1, 0.15) is 5.75 Å². The summed E-state index contributed by atoms with van der Waals surface area (Å²) in [5.41, 5.74) is 3.65. The van der Waals surface area contributed by atoms with Crippen molar-refractivity contribution < 1.29 is 14.3 Å². The average molecular weight is 421 g/mol. The van der Waals surface area contributed by atoms with Gasteiger partial charge in [-0.2, -0.15) is 0 Å². The number of hydrogen-bond acceptors (Lipinski definition) is 3. The Hall–Kier alpha value is -3.31. The summed E-state index contributed by atoms with van der Waals surface area (Å²) in [6.07, 6.45) is 0.829. The zero-order valence-electron chi connectivity index (χ0n) is 16.3. The quantitative estimate of drug-likeness (QED) is 0.649. The van der Waals surface area contributed by atoms with Gasteiger partial charge in [0, 0.05) is 29.4 Å². The summed E-state index contributed by atoms with van der Waals surface area (Å²) < 4.78 is 5.46. The van der Waals surface area contributed by atoms with Crippen LogP contribution in [0.15, 0.2) is 72.8 Å². The second kappa shape index (κ2) is 9.01. The number of hydrogen-bond donors (Lipinski definition) is 1. The standard InChI is InChI=1S/C24H21ClN2O3/c25-20-8-10-21(11-9-20)30-16-23(28)26-15-17-6-7-18-12-13-27(22(18)14-17)24(29)19-4-2-1-3-5-19/h1-11,14H,12-13,15-16H2,(H,26,28). The van der Waals surface area contributed by atoms with Crippen LogP contribution in [0.3, 0.4) is 0 Å². The van der Waals surface area contributed by atoms with Gasteiger partial charge in [0.2, 0.25) is 0 Å². The maximum absolute atomic E-state index is 12.9. The van der Waals surface area contributed by atoms with Crippen LogP contribution in [-0.2, 0) is 17.8 Å². The van der Waals surface area contributed by atoms with Crippen molar-refractivity contribution in [3.8, 4) is 5.75 Å². The number of benzene rings is 3. The number of rotatable bonds is 6. The van der Waals surface area contributed by atoms with Crippen molar-refractivity contribution in [1.82, 2.24) is 5.32 Å². The highest BCUT2D eigenvalue weighted by atomic mass is 35.5. The van der Waals surface area contributed by atoms with Crippen molar-refractivity contribution in [3.63, 3.8) is 0 Å². The third-order valence-corrected chi connectivity index (χ3v) is 5.24. The first-order chi connectivity index (χ1) is 14.6. The molecule has 1 aliphatic heterocycles. The van der Waals surface area contributed by atoms with Crippen LogP contribution in [0.4, 0.5) is 5.69 Å². The van der Waals surface area contributed by atoms with Crippen LogP contribution in [0.2, 0.25) is 5.02 Å². The lowest BCUT2D eigenvalue weighted by Crippen LogP contribution is -2.29. The third-order valence-electron chi connectivity index (χ3n) is 4.98. The Bertz CT molecular complexity index is 1050. The van der Waals surface area contributed by atoms with E-state index in [2.05, 4.69) is 5.32 Å². The van der Waals surface area contributed by atoms with Crippen molar-refractivity contribution in [3.05, 3.63) is 94.5 Å². The van der Waals surface area contributed by atoms with Crippen LogP contribution < -0.4 is 15.0 Å². The lowest BCUT2D eigenvalue weighted by atomic mass is 10.1. The zero-order chi connectivity index (χ0) is 20.9. The Kier molecular flexibility index (Phi) is 6.00. The van der Waals surface area contributed by atoms with E-state index in [0.717, 1.165) is 23.2 Å². The molecule has 2 amide bonds. The number of carbonyl (C=O) groups is 2. The van der Waals surface area contributed by atoms with Gasteiger partial charge in [-0.05, 0) is 60.0 Å². The first kappa shape index (κ1) is 20.0. The van der Waals surface area contributed by atoms with E-state index in [1.54, 1.807) is 29.2 Å². The SMILES string of the molecule is O=C(COc1ccc(Cl)cc1)NCc1ccc2c(c1)N(C(=O)c1ccccc1)CC2. The Balaban J connectivity index is 1.36. The second-order valence-electron chi connectivity index (χ2n) is 7.06. The second-order valence-corrected chi connectivity index (χ2v) is 7.49. The van der Waals surface area contributed by atoms with E-state index >= 15 is 0 Å². The lowest BCUT2D eigenvalue weighted by molar-refractivity contribution is -0.123. The lowest BCUT2D eigenvalue weighted by Gasteiger charge is -2.18. The summed E-state index contributed by atoms with van der Waals surface area (Å²) in [5.74, 6) is 0.358. The number of carbonyl (C=O) groups excluding carboxylic acids is 2. The largest absolute Gasteiger partial charge is 0.484 e. The Morgan fingerprint density at radius 2 is 1.77 bits per heavy atom. The van der Waals surface area contributed by atoms with Crippen LogP contribution in [-0.4, -0.2) is 25.0 Å². The van der Waals surface area contributed by atoms with E-state index in [-0.39, 0.29) is 18.4 Å². The molecular weight excluding hydrogens is 400 g/mol. The summed E-state index contributed by atoms with van der Waals surface area (Å²) in [7, 11) is 0. The van der Waals surface area contributed by atoms with Gasteiger partial charge in [-0.3, -0.25) is 9.59 Å². The van der Waals surface area contributed by atoms with Crippen molar-refractivity contribution in [2.24, 2.45) is 0 Å². The number of nitrogens with zero attached hydrogens (tertiary/aromatic N) is 1. The first-order valence-corrected chi connectivity index (χ1v) is 10.1. The Labute approximate surface area is 180 Å².